The van der Waals surface area contributed by atoms with Crippen LogP contribution in [0.15, 0.2) is 42.5 Å². The number of nitrogens with one attached hydrogen (secondary N) is 1. The summed E-state index contributed by atoms with van der Waals surface area (Å²) < 4.78 is 5.47. The van der Waals surface area contributed by atoms with Gasteiger partial charge in [0.25, 0.3) is 5.91 Å². The molecule has 0 unspecified atom stereocenters. The molecule has 6 heteroatoms. The summed E-state index contributed by atoms with van der Waals surface area (Å²) in [7, 11) is 0. The van der Waals surface area contributed by atoms with Gasteiger partial charge in [0.1, 0.15) is 5.75 Å². The molecule has 0 heterocycles. The molecule has 0 bridgehead atoms. The van der Waals surface area contributed by atoms with Crippen molar-refractivity contribution < 1.29 is 9.53 Å². The summed E-state index contributed by atoms with van der Waals surface area (Å²) in [6, 6.07) is 13.3. The molecule has 0 saturated heterocycles. The van der Waals surface area contributed by atoms with Crippen molar-refractivity contribution in [2.24, 2.45) is 0 Å². The fraction of sp³-hybridized carbons (Fsp3) is 0.316. The summed E-state index contributed by atoms with van der Waals surface area (Å²) >= 11 is 13.7. The number of hydrogen-bond acceptors (Lipinski definition) is 3. The first-order valence-electron chi connectivity index (χ1n) is 8.08. The van der Waals surface area contributed by atoms with Gasteiger partial charge in [-0.1, -0.05) is 48.3 Å². The Bertz CT molecular complexity index is 692. The molecule has 1 N–H and O–H groups in total. The third kappa shape index (κ3) is 7.18. The maximum Gasteiger partial charge on any atom is 0.257 e. The van der Waals surface area contributed by atoms with E-state index in [0.29, 0.717) is 22.3 Å². The molecule has 0 atom stereocenters. The summed E-state index contributed by atoms with van der Waals surface area (Å²) in [6.45, 7) is 2.72. The van der Waals surface area contributed by atoms with E-state index < -0.39 is 0 Å². The molecular weight excluding hydrogens is 377 g/mol. The highest BCUT2D eigenvalue weighted by atomic mass is 35.5. The van der Waals surface area contributed by atoms with Crippen molar-refractivity contribution in [3.05, 3.63) is 63.6 Å². The molecule has 0 aliphatic heterocycles. The summed E-state index contributed by atoms with van der Waals surface area (Å²) in [6.07, 6.45) is 0.986. The molecule has 0 aliphatic carbocycles. The van der Waals surface area contributed by atoms with E-state index in [4.69, 9.17) is 27.9 Å². The highest BCUT2D eigenvalue weighted by molar-refractivity contribution is 7.98. The molecule has 3 nitrogen and oxygen atoms in total. The quantitative estimate of drug-likeness (QED) is 0.605. The predicted octanol–water partition coefficient (Wildman–Crippen LogP) is 4.98. The van der Waals surface area contributed by atoms with Crippen LogP contribution in [0, 0.1) is 0 Å². The van der Waals surface area contributed by atoms with E-state index in [1.165, 1.54) is 5.56 Å². The first-order chi connectivity index (χ1) is 12.1. The van der Waals surface area contributed by atoms with Crippen molar-refractivity contribution in [2.45, 2.75) is 19.1 Å². The number of hydrogen-bond donors (Lipinski definition) is 1. The largest absolute Gasteiger partial charge is 0.484 e. The minimum Gasteiger partial charge on any atom is -0.484 e. The Balaban J connectivity index is 1.60. The Morgan fingerprint density at radius 2 is 1.92 bits per heavy atom. The summed E-state index contributed by atoms with van der Waals surface area (Å²) in [5.41, 5.74) is 2.29. The van der Waals surface area contributed by atoms with Gasteiger partial charge in [0.15, 0.2) is 6.61 Å². The Morgan fingerprint density at radius 1 is 1.16 bits per heavy atom. The van der Waals surface area contributed by atoms with Crippen LogP contribution in [0.25, 0.3) is 0 Å². The molecule has 0 radical (unpaired) electrons. The number of amides is 1. The molecule has 0 saturated carbocycles. The standard InChI is InChI=1S/C19H21Cl2NO2S/c1-2-14-3-7-17(8-4-14)24-12-19(23)22-9-10-25-13-15-5-6-16(20)11-18(15)21/h3-8,11H,2,9-10,12-13H2,1H3,(H,22,23). The van der Waals surface area contributed by atoms with Crippen LogP contribution >= 0.6 is 35.0 Å². The molecule has 0 aliphatic rings. The van der Waals surface area contributed by atoms with Crippen LogP contribution < -0.4 is 10.1 Å². The molecule has 25 heavy (non-hydrogen) atoms. The molecule has 134 valence electrons. The summed E-state index contributed by atoms with van der Waals surface area (Å²) in [4.78, 5) is 11.8. The van der Waals surface area contributed by atoms with Gasteiger partial charge in [0.2, 0.25) is 0 Å². The predicted molar refractivity (Wildman–Crippen MR) is 107 cm³/mol. The van der Waals surface area contributed by atoms with Crippen LogP contribution in [-0.4, -0.2) is 24.8 Å². The van der Waals surface area contributed by atoms with Crippen molar-refractivity contribution >= 4 is 40.9 Å². The van der Waals surface area contributed by atoms with E-state index in [-0.39, 0.29) is 12.5 Å². The van der Waals surface area contributed by atoms with Crippen LogP contribution in [0.2, 0.25) is 10.0 Å². The number of ether oxygens (including phenoxy) is 1. The number of thioether (sulfide) groups is 1. The maximum atomic E-state index is 11.8. The van der Waals surface area contributed by atoms with Gasteiger partial charge in [-0.3, -0.25) is 4.79 Å². The molecular formula is C19H21Cl2NO2S. The molecule has 0 aromatic heterocycles. The molecule has 2 aromatic carbocycles. The molecule has 2 aromatic rings. The highest BCUT2D eigenvalue weighted by Gasteiger charge is 2.04. The van der Waals surface area contributed by atoms with Crippen molar-refractivity contribution in [1.82, 2.24) is 5.32 Å². The van der Waals surface area contributed by atoms with Gasteiger partial charge in [-0.2, -0.15) is 11.8 Å². The van der Waals surface area contributed by atoms with E-state index in [9.17, 15) is 4.79 Å². The second-order valence-corrected chi connectivity index (χ2v) is 7.37. The SMILES string of the molecule is CCc1ccc(OCC(=O)NCCSCc2ccc(Cl)cc2Cl)cc1. The van der Waals surface area contributed by atoms with Gasteiger partial charge < -0.3 is 10.1 Å². The van der Waals surface area contributed by atoms with E-state index >= 15 is 0 Å². The second-order valence-electron chi connectivity index (χ2n) is 5.42. The van der Waals surface area contributed by atoms with Crippen LogP contribution in [0.5, 0.6) is 5.75 Å². The van der Waals surface area contributed by atoms with Crippen LogP contribution in [0.3, 0.4) is 0 Å². The van der Waals surface area contributed by atoms with Gasteiger partial charge in [0.05, 0.1) is 0 Å². The van der Waals surface area contributed by atoms with Gasteiger partial charge in [-0.25, -0.2) is 0 Å². The van der Waals surface area contributed by atoms with Gasteiger partial charge in [-0.05, 0) is 41.8 Å². The highest BCUT2D eigenvalue weighted by Crippen LogP contribution is 2.24. The Labute approximate surface area is 163 Å². The lowest BCUT2D eigenvalue weighted by molar-refractivity contribution is -0.122. The van der Waals surface area contributed by atoms with Crippen molar-refractivity contribution in [3.63, 3.8) is 0 Å². The van der Waals surface area contributed by atoms with Gasteiger partial charge in [0, 0.05) is 28.1 Å². The van der Waals surface area contributed by atoms with Crippen molar-refractivity contribution in [3.8, 4) is 5.75 Å². The fourth-order valence-electron chi connectivity index (χ4n) is 2.10. The Morgan fingerprint density at radius 3 is 2.60 bits per heavy atom. The second kappa shape index (κ2) is 10.6. The zero-order valence-electron chi connectivity index (χ0n) is 14.1. The Hall–Kier alpha value is -1.36. The average Bonchev–Trinajstić information content (AvgIpc) is 2.61. The average molecular weight is 398 g/mol. The number of benzene rings is 2. The molecule has 0 fully saturated rings. The summed E-state index contributed by atoms with van der Waals surface area (Å²) in [5.74, 6) is 2.17. The third-order valence-electron chi connectivity index (χ3n) is 3.54. The maximum absolute atomic E-state index is 11.8. The minimum atomic E-state index is -0.121. The lowest BCUT2D eigenvalue weighted by Gasteiger charge is -2.08. The van der Waals surface area contributed by atoms with E-state index in [2.05, 4.69) is 12.2 Å². The normalized spacial score (nSPS) is 10.5. The third-order valence-corrected chi connectivity index (χ3v) is 5.14. The number of aryl methyl sites for hydroxylation is 1. The van der Waals surface area contributed by atoms with E-state index in [1.807, 2.05) is 36.4 Å². The lowest BCUT2D eigenvalue weighted by Crippen LogP contribution is -2.30. The Kier molecular flexibility index (Phi) is 8.45. The van der Waals surface area contributed by atoms with Crippen LogP contribution in [-0.2, 0) is 17.0 Å². The topological polar surface area (TPSA) is 38.3 Å². The smallest absolute Gasteiger partial charge is 0.257 e. The minimum absolute atomic E-state index is 0.0269. The van der Waals surface area contributed by atoms with Crippen LogP contribution in [0.1, 0.15) is 18.1 Å². The molecule has 1 amide bonds. The first-order valence-corrected chi connectivity index (χ1v) is 9.99. The van der Waals surface area contributed by atoms with Crippen molar-refractivity contribution in [2.75, 3.05) is 18.9 Å². The van der Waals surface area contributed by atoms with Gasteiger partial charge in [-0.15, -0.1) is 0 Å². The zero-order valence-corrected chi connectivity index (χ0v) is 16.4. The first kappa shape index (κ1) is 20.0. The van der Waals surface area contributed by atoms with E-state index in [1.54, 1.807) is 17.8 Å². The zero-order chi connectivity index (χ0) is 18.1. The number of carbonyl (C=O) groups is 1. The fourth-order valence-corrected chi connectivity index (χ4v) is 3.52. The monoisotopic (exact) mass is 397 g/mol. The molecule has 0 spiro atoms. The lowest BCUT2D eigenvalue weighted by atomic mass is 10.2. The number of carbonyl (C=O) groups excluding carboxylic acids is 1. The van der Waals surface area contributed by atoms with Crippen LogP contribution in [0.4, 0.5) is 0 Å². The molecule has 2 rings (SSSR count). The number of rotatable bonds is 9. The van der Waals surface area contributed by atoms with Gasteiger partial charge >= 0.3 is 0 Å². The summed E-state index contributed by atoms with van der Waals surface area (Å²) in [5, 5.41) is 4.15. The number of halogens is 2. The van der Waals surface area contributed by atoms with E-state index in [0.717, 1.165) is 23.5 Å². The van der Waals surface area contributed by atoms with Crippen molar-refractivity contribution in [1.29, 1.82) is 0 Å².